The lowest BCUT2D eigenvalue weighted by Crippen LogP contribution is -2.40. The fraction of sp³-hybridized carbons (Fsp3) is 0.238. The predicted octanol–water partition coefficient (Wildman–Crippen LogP) is 4.16. The van der Waals surface area contributed by atoms with E-state index >= 15 is 0 Å². The van der Waals surface area contributed by atoms with E-state index in [9.17, 15) is 9.18 Å². The maximum atomic E-state index is 13.1. The summed E-state index contributed by atoms with van der Waals surface area (Å²) in [5.74, 6) is 0.695. The molecule has 0 aliphatic carbocycles. The molecule has 3 aromatic rings. The van der Waals surface area contributed by atoms with Gasteiger partial charge >= 0.3 is 6.03 Å². The number of carbonyl (C=O) groups is 1. The SMILES string of the molecule is N#Cc1ccccc1NC(=O)N1CCC(c2nc(-c3ccc(F)cc3)no2)CC1. The Labute approximate surface area is 166 Å². The van der Waals surface area contributed by atoms with E-state index in [1.54, 1.807) is 41.3 Å². The molecule has 7 nitrogen and oxygen atoms in total. The van der Waals surface area contributed by atoms with Gasteiger partial charge in [-0.25, -0.2) is 9.18 Å². The Morgan fingerprint density at radius 1 is 1.17 bits per heavy atom. The number of likely N-dealkylation sites (tertiary alicyclic amines) is 1. The van der Waals surface area contributed by atoms with Crippen molar-refractivity contribution < 1.29 is 13.7 Å². The van der Waals surface area contributed by atoms with Gasteiger partial charge in [-0.1, -0.05) is 17.3 Å². The molecule has 1 aliphatic heterocycles. The van der Waals surface area contributed by atoms with Gasteiger partial charge in [-0.3, -0.25) is 0 Å². The van der Waals surface area contributed by atoms with Gasteiger partial charge in [0.25, 0.3) is 0 Å². The molecule has 0 saturated carbocycles. The first kappa shape index (κ1) is 18.6. The largest absolute Gasteiger partial charge is 0.339 e. The minimum Gasteiger partial charge on any atom is -0.339 e. The van der Waals surface area contributed by atoms with Crippen LogP contribution in [-0.4, -0.2) is 34.2 Å². The Morgan fingerprint density at radius 3 is 2.62 bits per heavy atom. The zero-order valence-corrected chi connectivity index (χ0v) is 15.5. The molecule has 0 bridgehead atoms. The number of urea groups is 1. The van der Waals surface area contributed by atoms with Gasteiger partial charge in [-0.2, -0.15) is 10.2 Å². The number of nitriles is 1. The van der Waals surface area contributed by atoms with Gasteiger partial charge in [0.1, 0.15) is 11.9 Å². The van der Waals surface area contributed by atoms with Crippen molar-refractivity contribution in [2.45, 2.75) is 18.8 Å². The van der Waals surface area contributed by atoms with Gasteiger partial charge in [-0.05, 0) is 49.2 Å². The van der Waals surface area contributed by atoms with Crippen LogP contribution in [0.3, 0.4) is 0 Å². The van der Waals surface area contributed by atoms with Crippen LogP contribution in [0.4, 0.5) is 14.9 Å². The number of carbonyl (C=O) groups excluding carboxylic acids is 1. The van der Waals surface area contributed by atoms with E-state index in [4.69, 9.17) is 9.78 Å². The van der Waals surface area contributed by atoms with Crippen LogP contribution in [0.5, 0.6) is 0 Å². The Kier molecular flexibility index (Phi) is 5.20. The van der Waals surface area contributed by atoms with Crippen LogP contribution in [0.15, 0.2) is 53.1 Å². The first-order valence-electron chi connectivity index (χ1n) is 9.28. The van der Waals surface area contributed by atoms with E-state index in [2.05, 4.69) is 21.5 Å². The minimum absolute atomic E-state index is 0.0622. The number of benzene rings is 2. The zero-order chi connectivity index (χ0) is 20.2. The number of nitrogens with one attached hydrogen (secondary N) is 1. The third-order valence-electron chi connectivity index (χ3n) is 4.96. The summed E-state index contributed by atoms with van der Waals surface area (Å²) in [6.45, 7) is 1.08. The average molecular weight is 391 g/mol. The van der Waals surface area contributed by atoms with Crippen LogP contribution in [-0.2, 0) is 0 Å². The van der Waals surface area contributed by atoms with Gasteiger partial charge in [0.15, 0.2) is 0 Å². The fourth-order valence-corrected chi connectivity index (χ4v) is 3.33. The maximum Gasteiger partial charge on any atom is 0.321 e. The number of nitrogens with zero attached hydrogens (tertiary/aromatic N) is 4. The minimum atomic E-state index is -0.319. The molecule has 8 heteroatoms. The monoisotopic (exact) mass is 391 g/mol. The zero-order valence-electron chi connectivity index (χ0n) is 15.5. The second kappa shape index (κ2) is 8.10. The molecule has 0 atom stereocenters. The first-order chi connectivity index (χ1) is 14.1. The van der Waals surface area contributed by atoms with Crippen LogP contribution in [0, 0.1) is 17.1 Å². The van der Waals surface area contributed by atoms with Gasteiger partial charge in [0.05, 0.1) is 11.3 Å². The van der Waals surface area contributed by atoms with Crippen LogP contribution in [0.25, 0.3) is 11.4 Å². The highest BCUT2D eigenvalue weighted by atomic mass is 19.1. The number of amides is 2. The lowest BCUT2D eigenvalue weighted by Gasteiger charge is -2.30. The molecule has 0 radical (unpaired) electrons. The molecular weight excluding hydrogens is 373 g/mol. The number of halogens is 1. The quantitative estimate of drug-likeness (QED) is 0.723. The summed E-state index contributed by atoms with van der Waals surface area (Å²) in [6, 6.07) is 14.7. The number of anilines is 1. The topological polar surface area (TPSA) is 95.1 Å². The Morgan fingerprint density at radius 2 is 1.90 bits per heavy atom. The van der Waals surface area contributed by atoms with Crippen molar-refractivity contribution >= 4 is 11.7 Å². The molecular formula is C21H18FN5O2. The van der Waals surface area contributed by atoms with Crippen molar-refractivity contribution in [1.29, 1.82) is 5.26 Å². The summed E-state index contributed by atoms with van der Waals surface area (Å²) in [5, 5.41) is 15.9. The van der Waals surface area contributed by atoms with Gasteiger partial charge in [0.2, 0.25) is 11.7 Å². The first-order valence-corrected chi connectivity index (χ1v) is 9.28. The molecule has 146 valence electrons. The summed E-state index contributed by atoms with van der Waals surface area (Å²) in [4.78, 5) is 18.7. The van der Waals surface area contributed by atoms with Crippen molar-refractivity contribution in [1.82, 2.24) is 15.0 Å². The molecule has 4 rings (SSSR count). The molecule has 2 amide bonds. The summed E-state index contributed by atoms with van der Waals surface area (Å²) >= 11 is 0. The van der Waals surface area contributed by atoms with E-state index < -0.39 is 0 Å². The third-order valence-corrected chi connectivity index (χ3v) is 4.96. The van der Waals surface area contributed by atoms with Crippen molar-refractivity contribution in [3.05, 3.63) is 65.8 Å². The van der Waals surface area contributed by atoms with E-state index in [0.717, 1.165) is 0 Å². The molecule has 1 aliphatic rings. The molecule has 1 saturated heterocycles. The van der Waals surface area contributed by atoms with E-state index in [-0.39, 0.29) is 17.8 Å². The molecule has 2 aromatic carbocycles. The van der Waals surface area contributed by atoms with Crippen LogP contribution >= 0.6 is 0 Å². The molecule has 0 spiro atoms. The summed E-state index contributed by atoms with van der Waals surface area (Å²) in [5.41, 5.74) is 1.62. The molecule has 1 aromatic heterocycles. The van der Waals surface area contributed by atoms with E-state index in [1.165, 1.54) is 12.1 Å². The fourth-order valence-electron chi connectivity index (χ4n) is 3.33. The number of aromatic nitrogens is 2. The average Bonchev–Trinajstić information content (AvgIpc) is 3.25. The third kappa shape index (κ3) is 4.09. The summed E-state index contributed by atoms with van der Waals surface area (Å²) in [7, 11) is 0. The number of rotatable bonds is 3. The molecule has 1 fully saturated rings. The maximum absolute atomic E-state index is 13.1. The highest BCUT2D eigenvalue weighted by Gasteiger charge is 2.28. The lowest BCUT2D eigenvalue weighted by molar-refractivity contribution is 0.187. The van der Waals surface area contributed by atoms with Gasteiger partial charge < -0.3 is 14.7 Å². The van der Waals surface area contributed by atoms with E-state index in [1.807, 2.05) is 0 Å². The number of piperidine rings is 1. The van der Waals surface area contributed by atoms with Crippen LogP contribution in [0.2, 0.25) is 0 Å². The van der Waals surface area contributed by atoms with Crippen molar-refractivity contribution in [2.75, 3.05) is 18.4 Å². The molecule has 1 N–H and O–H groups in total. The molecule has 0 unspecified atom stereocenters. The highest BCUT2D eigenvalue weighted by Crippen LogP contribution is 2.29. The van der Waals surface area contributed by atoms with Crippen molar-refractivity contribution in [2.24, 2.45) is 0 Å². The highest BCUT2D eigenvalue weighted by molar-refractivity contribution is 5.90. The Hall–Kier alpha value is -3.73. The number of hydrogen-bond acceptors (Lipinski definition) is 5. The predicted molar refractivity (Wildman–Crippen MR) is 103 cm³/mol. The standard InChI is InChI=1S/C21H18FN5O2/c22-17-7-5-14(6-8-17)19-25-20(29-26-19)15-9-11-27(12-10-15)21(28)24-18-4-2-1-3-16(18)13-23/h1-8,15H,9-12H2,(H,24,28). The second-order valence-corrected chi connectivity index (χ2v) is 6.81. The molecule has 2 heterocycles. The van der Waals surface area contributed by atoms with Crippen LogP contribution < -0.4 is 5.32 Å². The number of hydrogen-bond donors (Lipinski definition) is 1. The summed E-state index contributed by atoms with van der Waals surface area (Å²) in [6.07, 6.45) is 1.39. The Balaban J connectivity index is 1.36. The molecule has 29 heavy (non-hydrogen) atoms. The van der Waals surface area contributed by atoms with Crippen molar-refractivity contribution in [3.8, 4) is 17.5 Å². The van der Waals surface area contributed by atoms with Crippen LogP contribution in [0.1, 0.15) is 30.2 Å². The van der Waals surface area contributed by atoms with Gasteiger partial charge in [0, 0.05) is 24.6 Å². The normalized spacial score (nSPS) is 14.4. The van der Waals surface area contributed by atoms with Gasteiger partial charge in [-0.15, -0.1) is 0 Å². The second-order valence-electron chi connectivity index (χ2n) is 6.81. The van der Waals surface area contributed by atoms with Crippen molar-refractivity contribution in [3.63, 3.8) is 0 Å². The van der Waals surface area contributed by atoms with E-state index in [0.29, 0.717) is 54.5 Å². The summed E-state index contributed by atoms with van der Waals surface area (Å²) < 4.78 is 18.5. The number of para-hydroxylation sites is 1. The lowest BCUT2D eigenvalue weighted by atomic mass is 9.97. The smallest absolute Gasteiger partial charge is 0.321 e. The Bertz CT molecular complexity index is 1050.